The van der Waals surface area contributed by atoms with Gasteiger partial charge >= 0.3 is 18.8 Å². The topological polar surface area (TPSA) is 89.1 Å². The number of urea groups is 1. The van der Waals surface area contributed by atoms with Gasteiger partial charge in [-0.15, -0.1) is 26.3 Å². The number of amides is 3. The van der Waals surface area contributed by atoms with Crippen LogP contribution in [0.2, 0.25) is 0 Å². The predicted octanol–water partition coefficient (Wildman–Crippen LogP) is 8.79. The highest BCUT2D eigenvalue weighted by molar-refractivity contribution is 6.09. The van der Waals surface area contributed by atoms with E-state index in [1.807, 2.05) is 0 Å². The molecule has 0 atom stereocenters. The zero-order chi connectivity index (χ0) is 34.5. The fourth-order valence-electron chi connectivity index (χ4n) is 5.26. The lowest BCUT2D eigenvalue weighted by atomic mass is 9.94. The van der Waals surface area contributed by atoms with Crippen molar-refractivity contribution < 1.29 is 50.1 Å². The number of likely N-dealkylation sites (tertiary alicyclic amines) is 1. The van der Waals surface area contributed by atoms with Gasteiger partial charge in [-0.1, -0.05) is 42.5 Å². The summed E-state index contributed by atoms with van der Waals surface area (Å²) >= 11 is 0. The van der Waals surface area contributed by atoms with Crippen LogP contribution >= 0.6 is 0 Å². The molecule has 0 aromatic heterocycles. The zero-order valence-corrected chi connectivity index (χ0v) is 25.3. The van der Waals surface area contributed by atoms with Gasteiger partial charge in [-0.05, 0) is 66.1 Å². The number of carbonyl (C=O) groups is 2. The number of carbonyl (C=O) groups excluding carboxylic acids is 2. The number of nitrogens with zero attached hydrogens (tertiary/aromatic N) is 1. The Morgan fingerprint density at radius 3 is 2.10 bits per heavy atom. The summed E-state index contributed by atoms with van der Waals surface area (Å²) in [6.45, 7) is 2.36. The van der Waals surface area contributed by atoms with Gasteiger partial charge in [0.15, 0.2) is 5.75 Å². The molecule has 1 heterocycles. The summed E-state index contributed by atoms with van der Waals surface area (Å²) in [5.41, 5.74) is 2.46. The Hall–Kier alpha value is -5.40. The lowest BCUT2D eigenvalue weighted by molar-refractivity contribution is -0.275. The van der Waals surface area contributed by atoms with Crippen LogP contribution in [0.25, 0.3) is 11.1 Å². The van der Waals surface area contributed by atoms with Crippen molar-refractivity contribution in [2.75, 3.05) is 23.7 Å². The molecule has 48 heavy (non-hydrogen) atoms. The zero-order valence-electron chi connectivity index (χ0n) is 25.3. The van der Waals surface area contributed by atoms with Crippen molar-refractivity contribution in [3.05, 3.63) is 102 Å². The second-order valence-corrected chi connectivity index (χ2v) is 10.8. The Morgan fingerprint density at radius 1 is 0.750 bits per heavy atom. The van der Waals surface area contributed by atoms with E-state index in [9.17, 15) is 35.9 Å². The fourth-order valence-corrected chi connectivity index (χ4v) is 5.26. The molecule has 5 rings (SSSR count). The smallest absolute Gasteiger partial charge is 0.490 e. The number of hydrogen-bond acceptors (Lipinski definition) is 5. The van der Waals surface area contributed by atoms with Gasteiger partial charge in [-0.2, -0.15) is 0 Å². The number of alkyl halides is 6. The van der Waals surface area contributed by atoms with E-state index in [1.165, 1.54) is 47.4 Å². The molecule has 0 unspecified atom stereocenters. The third kappa shape index (κ3) is 9.11. The Balaban J connectivity index is 1.19. The van der Waals surface area contributed by atoms with Crippen molar-refractivity contribution in [3.63, 3.8) is 0 Å². The van der Waals surface area contributed by atoms with Gasteiger partial charge in [-0.3, -0.25) is 4.79 Å². The maximum atomic E-state index is 13.4. The fraction of sp³-hybridized carbons (Fsp3) is 0.235. The van der Waals surface area contributed by atoms with E-state index >= 15 is 0 Å². The molecule has 0 radical (unpaired) electrons. The van der Waals surface area contributed by atoms with Crippen molar-refractivity contribution in [3.8, 4) is 28.4 Å². The van der Waals surface area contributed by atoms with Gasteiger partial charge < -0.3 is 29.7 Å². The van der Waals surface area contributed by atoms with E-state index in [2.05, 4.69) is 20.1 Å². The molecule has 2 N–H and O–H groups in total. The summed E-state index contributed by atoms with van der Waals surface area (Å²) in [6.07, 6.45) is -9.11. The summed E-state index contributed by atoms with van der Waals surface area (Å²) < 4.78 is 90.1. The number of nitrogens with one attached hydrogen (secondary N) is 2. The second kappa shape index (κ2) is 14.2. The Labute approximate surface area is 271 Å². The van der Waals surface area contributed by atoms with Crippen LogP contribution in [0.4, 0.5) is 42.5 Å². The molecular formula is C34H29F6N3O5. The Kier molecular flexibility index (Phi) is 10.0. The van der Waals surface area contributed by atoms with Crippen molar-refractivity contribution in [1.29, 1.82) is 0 Å². The van der Waals surface area contributed by atoms with Gasteiger partial charge in [0, 0.05) is 43.2 Å². The third-order valence-corrected chi connectivity index (χ3v) is 7.37. The molecule has 1 fully saturated rings. The standard InChI is InChI=1S/C34H29F6N3O5/c1-21-6-4-9-27(30(21)22-12-14-25(15-13-22)47-33(35,36)37)31(44)41-23-7-5-8-26(20-23)46-24-16-18-43(19-17-24)32(45)42-28-10-2-3-11-29(28)48-34(38,39)40/h2-15,20,24H,16-19H2,1H3,(H,41,44)(H,42,45). The lowest BCUT2D eigenvalue weighted by Gasteiger charge is -2.32. The van der Waals surface area contributed by atoms with E-state index in [0.717, 1.165) is 11.6 Å². The molecule has 4 aromatic rings. The van der Waals surface area contributed by atoms with Crippen molar-refractivity contribution in [2.45, 2.75) is 38.6 Å². The van der Waals surface area contributed by atoms with E-state index in [-0.39, 0.29) is 30.6 Å². The van der Waals surface area contributed by atoms with Crippen molar-refractivity contribution in [1.82, 2.24) is 4.90 Å². The number of aryl methyl sites for hydroxylation is 1. The monoisotopic (exact) mass is 673 g/mol. The van der Waals surface area contributed by atoms with E-state index < -0.39 is 30.4 Å². The highest BCUT2D eigenvalue weighted by Gasteiger charge is 2.33. The van der Waals surface area contributed by atoms with Gasteiger partial charge in [0.05, 0.1) is 5.69 Å². The highest BCUT2D eigenvalue weighted by atomic mass is 19.4. The summed E-state index contributed by atoms with van der Waals surface area (Å²) in [4.78, 5) is 27.6. The van der Waals surface area contributed by atoms with Crippen LogP contribution in [-0.4, -0.2) is 48.8 Å². The minimum atomic E-state index is -4.91. The molecule has 0 spiro atoms. The number of rotatable bonds is 8. The summed E-state index contributed by atoms with van der Waals surface area (Å²) in [5.74, 6) is -0.866. The maximum absolute atomic E-state index is 13.4. The van der Waals surface area contributed by atoms with Crippen molar-refractivity contribution in [2.24, 2.45) is 0 Å². The SMILES string of the molecule is Cc1cccc(C(=O)Nc2cccc(OC3CCN(C(=O)Nc4ccccc4OC(F)(F)F)CC3)c2)c1-c1ccc(OC(F)(F)F)cc1. The average Bonchev–Trinajstić information content (AvgIpc) is 3.01. The van der Waals surface area contributed by atoms with Crippen LogP contribution in [0, 0.1) is 6.92 Å². The first-order chi connectivity index (χ1) is 22.7. The first kappa shape index (κ1) is 33.9. The number of anilines is 2. The molecule has 8 nitrogen and oxygen atoms in total. The minimum absolute atomic E-state index is 0.108. The Bertz CT molecular complexity index is 1750. The van der Waals surface area contributed by atoms with E-state index in [4.69, 9.17) is 4.74 Å². The molecular weight excluding hydrogens is 644 g/mol. The van der Waals surface area contributed by atoms with E-state index in [0.29, 0.717) is 41.0 Å². The van der Waals surface area contributed by atoms with Crippen LogP contribution < -0.4 is 24.8 Å². The third-order valence-electron chi connectivity index (χ3n) is 7.37. The molecule has 0 bridgehead atoms. The second-order valence-electron chi connectivity index (χ2n) is 10.8. The molecule has 1 aliphatic heterocycles. The van der Waals surface area contributed by atoms with Gasteiger partial charge in [0.1, 0.15) is 17.6 Å². The lowest BCUT2D eigenvalue weighted by Crippen LogP contribution is -2.43. The van der Waals surface area contributed by atoms with Crippen molar-refractivity contribution >= 4 is 23.3 Å². The number of hydrogen-bond donors (Lipinski definition) is 2. The minimum Gasteiger partial charge on any atom is -0.490 e. The van der Waals surface area contributed by atoms with Crippen LogP contribution in [0.3, 0.4) is 0 Å². The largest absolute Gasteiger partial charge is 0.573 e. The summed E-state index contributed by atoms with van der Waals surface area (Å²) in [5, 5.41) is 5.31. The Morgan fingerprint density at radius 2 is 1.42 bits per heavy atom. The highest BCUT2D eigenvalue weighted by Crippen LogP contribution is 2.33. The summed E-state index contributed by atoms with van der Waals surface area (Å²) in [7, 11) is 0. The molecule has 0 aliphatic carbocycles. The summed E-state index contributed by atoms with van der Waals surface area (Å²) in [6, 6.07) is 21.8. The molecule has 252 valence electrons. The number of benzene rings is 4. The number of ether oxygens (including phenoxy) is 3. The van der Waals surface area contributed by atoms with Crippen LogP contribution in [0.1, 0.15) is 28.8 Å². The maximum Gasteiger partial charge on any atom is 0.573 e. The van der Waals surface area contributed by atoms with E-state index in [1.54, 1.807) is 49.4 Å². The molecule has 1 aliphatic rings. The van der Waals surface area contributed by atoms with Gasteiger partial charge in [-0.25, -0.2) is 4.79 Å². The van der Waals surface area contributed by atoms with Gasteiger partial charge in [0.2, 0.25) is 0 Å². The molecule has 3 amide bonds. The van der Waals surface area contributed by atoms with Crippen LogP contribution in [0.15, 0.2) is 91.0 Å². The first-order valence-electron chi connectivity index (χ1n) is 14.7. The van der Waals surface area contributed by atoms with Crippen LogP contribution in [-0.2, 0) is 0 Å². The van der Waals surface area contributed by atoms with Crippen LogP contribution in [0.5, 0.6) is 17.2 Å². The average molecular weight is 674 g/mol. The van der Waals surface area contributed by atoms with Gasteiger partial charge in [0.25, 0.3) is 5.91 Å². The first-order valence-corrected chi connectivity index (χ1v) is 14.7. The molecule has 1 saturated heterocycles. The molecule has 14 heteroatoms. The number of halogens is 6. The predicted molar refractivity (Wildman–Crippen MR) is 165 cm³/mol. The number of para-hydroxylation sites is 2. The number of piperidine rings is 1. The molecule has 4 aromatic carbocycles. The quantitative estimate of drug-likeness (QED) is 0.183. The molecule has 0 saturated carbocycles. The normalized spacial score (nSPS) is 13.9.